The van der Waals surface area contributed by atoms with E-state index in [1.807, 2.05) is 18.2 Å². The molecule has 28 heavy (non-hydrogen) atoms. The van der Waals surface area contributed by atoms with E-state index in [1.165, 1.54) is 18.5 Å². The lowest BCUT2D eigenvalue weighted by atomic mass is 10.0. The van der Waals surface area contributed by atoms with Crippen LogP contribution >= 0.6 is 23.2 Å². The van der Waals surface area contributed by atoms with E-state index >= 15 is 0 Å². The first kappa shape index (κ1) is 18.3. The summed E-state index contributed by atoms with van der Waals surface area (Å²) >= 11 is 12.5. The Morgan fingerprint density at radius 3 is 2.50 bits per heavy atom. The van der Waals surface area contributed by atoms with E-state index < -0.39 is 5.60 Å². The van der Waals surface area contributed by atoms with E-state index in [2.05, 4.69) is 22.3 Å². The van der Waals surface area contributed by atoms with Crippen molar-refractivity contribution in [2.45, 2.75) is 50.0 Å². The summed E-state index contributed by atoms with van der Waals surface area (Å²) < 4.78 is 6.13. The standard InChI is InChI=1S/C22H22Cl2N2O2/c23-16-4-3-5-17(24)15(16)13-28-22(10-11-22)21(27)19-12-26(14-8-9-14)20-7-2-1-6-18(20)25-19/h1-7,14,19,25H,8-13H2. The second kappa shape index (κ2) is 6.94. The van der Waals surface area contributed by atoms with Crippen LogP contribution in [0.3, 0.4) is 0 Å². The zero-order chi connectivity index (χ0) is 19.3. The Balaban J connectivity index is 1.33. The van der Waals surface area contributed by atoms with Crippen molar-refractivity contribution in [3.8, 4) is 0 Å². The van der Waals surface area contributed by atoms with Crippen molar-refractivity contribution in [1.82, 2.24) is 0 Å². The lowest BCUT2D eigenvalue weighted by molar-refractivity contribution is -0.135. The van der Waals surface area contributed by atoms with Gasteiger partial charge in [-0.05, 0) is 49.9 Å². The molecule has 4 nitrogen and oxygen atoms in total. The highest BCUT2D eigenvalue weighted by atomic mass is 35.5. The third-order valence-electron chi connectivity index (χ3n) is 5.93. The molecule has 2 saturated carbocycles. The van der Waals surface area contributed by atoms with Crippen molar-refractivity contribution >= 4 is 40.4 Å². The van der Waals surface area contributed by atoms with E-state index in [1.54, 1.807) is 12.1 Å². The number of rotatable bonds is 6. The van der Waals surface area contributed by atoms with Crippen LogP contribution < -0.4 is 10.2 Å². The zero-order valence-corrected chi connectivity index (χ0v) is 17.0. The summed E-state index contributed by atoms with van der Waals surface area (Å²) in [6.07, 6.45) is 3.89. The van der Waals surface area contributed by atoms with Gasteiger partial charge in [0, 0.05) is 28.2 Å². The van der Waals surface area contributed by atoms with Crippen LogP contribution in [0.5, 0.6) is 0 Å². The summed E-state index contributed by atoms with van der Waals surface area (Å²) in [6.45, 7) is 0.943. The van der Waals surface area contributed by atoms with E-state index in [9.17, 15) is 4.79 Å². The molecule has 2 fully saturated rings. The molecule has 1 heterocycles. The molecule has 0 saturated heterocycles. The Morgan fingerprint density at radius 2 is 1.82 bits per heavy atom. The van der Waals surface area contributed by atoms with Crippen LogP contribution in [0.4, 0.5) is 11.4 Å². The number of nitrogens with one attached hydrogen (secondary N) is 1. The lowest BCUT2D eigenvalue weighted by Gasteiger charge is -2.38. The minimum absolute atomic E-state index is 0.135. The number of para-hydroxylation sites is 2. The molecule has 1 N–H and O–H groups in total. The molecule has 3 aliphatic rings. The van der Waals surface area contributed by atoms with Crippen molar-refractivity contribution in [3.63, 3.8) is 0 Å². The number of hydrogen-bond donors (Lipinski definition) is 1. The van der Waals surface area contributed by atoms with Crippen LogP contribution in [0.2, 0.25) is 10.0 Å². The first-order valence-electron chi connectivity index (χ1n) is 9.81. The van der Waals surface area contributed by atoms with Gasteiger partial charge in [0.05, 0.1) is 18.0 Å². The maximum atomic E-state index is 13.4. The fourth-order valence-electron chi connectivity index (χ4n) is 4.03. The molecule has 6 heteroatoms. The number of fused-ring (bicyclic) bond motifs is 1. The largest absolute Gasteiger partial charge is 0.372 e. The molecule has 146 valence electrons. The molecule has 2 aromatic carbocycles. The Labute approximate surface area is 174 Å². The number of halogens is 2. The molecule has 2 aromatic rings. The normalized spacial score (nSPS) is 22.4. The van der Waals surface area contributed by atoms with Crippen LogP contribution in [0.1, 0.15) is 31.2 Å². The maximum Gasteiger partial charge on any atom is 0.188 e. The minimum Gasteiger partial charge on any atom is -0.372 e. The van der Waals surface area contributed by atoms with Crippen molar-refractivity contribution in [3.05, 3.63) is 58.1 Å². The molecule has 1 aliphatic heterocycles. The predicted molar refractivity (Wildman–Crippen MR) is 112 cm³/mol. The first-order chi connectivity index (χ1) is 13.6. The number of ketones is 1. The molecule has 0 bridgehead atoms. The number of carbonyl (C=O) groups is 1. The molecule has 2 aliphatic carbocycles. The van der Waals surface area contributed by atoms with Gasteiger partial charge < -0.3 is 15.0 Å². The van der Waals surface area contributed by atoms with E-state index in [4.69, 9.17) is 27.9 Å². The van der Waals surface area contributed by atoms with Gasteiger partial charge in [0.25, 0.3) is 0 Å². The van der Waals surface area contributed by atoms with Gasteiger partial charge in [0.1, 0.15) is 11.6 Å². The minimum atomic E-state index is -0.721. The fourth-order valence-corrected chi connectivity index (χ4v) is 4.54. The van der Waals surface area contributed by atoms with Gasteiger partial charge in [-0.3, -0.25) is 4.79 Å². The summed E-state index contributed by atoms with van der Waals surface area (Å²) in [5.41, 5.74) is 2.25. The summed E-state index contributed by atoms with van der Waals surface area (Å²) in [5, 5.41) is 4.59. The molecule has 0 radical (unpaired) electrons. The molecule has 5 rings (SSSR count). The average molecular weight is 417 g/mol. The van der Waals surface area contributed by atoms with E-state index in [0.717, 1.165) is 24.1 Å². The van der Waals surface area contributed by atoms with Crippen LogP contribution in [0, 0.1) is 0 Å². The van der Waals surface area contributed by atoms with E-state index in [0.29, 0.717) is 22.6 Å². The second-order valence-electron chi connectivity index (χ2n) is 7.95. The number of carbonyl (C=O) groups excluding carboxylic acids is 1. The quantitative estimate of drug-likeness (QED) is 0.712. The van der Waals surface area contributed by atoms with Crippen molar-refractivity contribution in [1.29, 1.82) is 0 Å². The van der Waals surface area contributed by atoms with Crippen LogP contribution in [-0.4, -0.2) is 30.0 Å². The Hall–Kier alpha value is -1.75. The monoisotopic (exact) mass is 416 g/mol. The summed E-state index contributed by atoms with van der Waals surface area (Å²) in [5.74, 6) is 0.135. The molecule has 0 spiro atoms. The zero-order valence-electron chi connectivity index (χ0n) is 15.5. The first-order valence-corrected chi connectivity index (χ1v) is 10.6. The van der Waals surface area contributed by atoms with Crippen molar-refractivity contribution in [2.75, 3.05) is 16.8 Å². The second-order valence-corrected chi connectivity index (χ2v) is 8.76. The van der Waals surface area contributed by atoms with Gasteiger partial charge in [-0.2, -0.15) is 0 Å². The number of anilines is 2. The SMILES string of the molecule is O=C(C1CN(C2CC2)c2ccccc2N1)C1(OCc2c(Cl)cccc2Cl)CC1. The highest BCUT2D eigenvalue weighted by Crippen LogP contribution is 2.45. The molecular weight excluding hydrogens is 395 g/mol. The number of nitrogens with zero attached hydrogens (tertiary/aromatic N) is 1. The Morgan fingerprint density at radius 1 is 1.11 bits per heavy atom. The Bertz CT molecular complexity index is 904. The highest BCUT2D eigenvalue weighted by molar-refractivity contribution is 6.35. The third-order valence-corrected chi connectivity index (χ3v) is 6.64. The average Bonchev–Trinajstić information content (AvgIpc) is 3.61. The number of ether oxygens (including phenoxy) is 1. The van der Waals surface area contributed by atoms with Gasteiger partial charge in [-0.25, -0.2) is 0 Å². The smallest absolute Gasteiger partial charge is 0.188 e. The van der Waals surface area contributed by atoms with Crippen LogP contribution in [0.25, 0.3) is 0 Å². The van der Waals surface area contributed by atoms with E-state index in [-0.39, 0.29) is 18.4 Å². The highest BCUT2D eigenvalue weighted by Gasteiger charge is 2.54. The molecule has 0 aromatic heterocycles. The van der Waals surface area contributed by atoms with Crippen LogP contribution in [-0.2, 0) is 16.1 Å². The van der Waals surface area contributed by atoms with Crippen LogP contribution in [0.15, 0.2) is 42.5 Å². The molecule has 1 unspecified atom stereocenters. The molecule has 1 atom stereocenters. The van der Waals surface area contributed by atoms with Gasteiger partial charge in [0.2, 0.25) is 0 Å². The molecule has 0 amide bonds. The number of Topliss-reactive ketones (excluding diaryl/α,β-unsaturated/α-hetero) is 1. The summed E-state index contributed by atoms with van der Waals surface area (Å²) in [4.78, 5) is 15.8. The fraction of sp³-hybridized carbons (Fsp3) is 0.409. The van der Waals surface area contributed by atoms with Crippen molar-refractivity contribution in [2.24, 2.45) is 0 Å². The third kappa shape index (κ3) is 3.28. The van der Waals surface area contributed by atoms with Gasteiger partial charge in [-0.1, -0.05) is 41.4 Å². The van der Waals surface area contributed by atoms with Gasteiger partial charge in [-0.15, -0.1) is 0 Å². The van der Waals surface area contributed by atoms with Crippen molar-refractivity contribution < 1.29 is 9.53 Å². The summed E-state index contributed by atoms with van der Waals surface area (Å²) in [6, 6.07) is 13.9. The maximum absolute atomic E-state index is 13.4. The number of benzene rings is 2. The molecular formula is C22H22Cl2N2O2. The topological polar surface area (TPSA) is 41.6 Å². The number of hydrogen-bond acceptors (Lipinski definition) is 4. The van der Waals surface area contributed by atoms with Gasteiger partial charge in [0.15, 0.2) is 5.78 Å². The summed E-state index contributed by atoms with van der Waals surface area (Å²) in [7, 11) is 0. The lowest BCUT2D eigenvalue weighted by Crippen LogP contribution is -2.51. The Kier molecular flexibility index (Phi) is 4.53. The van der Waals surface area contributed by atoms with Gasteiger partial charge >= 0.3 is 0 Å². The predicted octanol–water partition coefficient (Wildman–Crippen LogP) is 5.07.